The van der Waals surface area contributed by atoms with Crippen LogP contribution in [0.1, 0.15) is 0 Å². The first-order valence-corrected chi connectivity index (χ1v) is 9.50. The van der Waals surface area contributed by atoms with Crippen molar-refractivity contribution in [1.82, 2.24) is 24.8 Å². The maximum Gasteiger partial charge on any atom is 0.317 e. The standard InChI is InChI=1S/C20H23N7O2/c1-25-9-6-15-16(4-2-5-17(15)25)24-18(28)14-23-20(29)27-12-10-26(11-13-27)19-21-7-3-8-22-19/h2-9H,10-14H2,1H3,(H,23,29)(H,24,28). The molecule has 9 heteroatoms. The summed E-state index contributed by atoms with van der Waals surface area (Å²) < 4.78 is 1.99. The minimum atomic E-state index is -0.258. The highest BCUT2D eigenvalue weighted by Crippen LogP contribution is 2.23. The number of amides is 3. The van der Waals surface area contributed by atoms with Gasteiger partial charge in [-0.2, -0.15) is 0 Å². The maximum absolute atomic E-state index is 12.4. The zero-order valence-corrected chi connectivity index (χ0v) is 16.2. The molecule has 3 amide bonds. The van der Waals surface area contributed by atoms with Gasteiger partial charge < -0.3 is 25.0 Å². The highest BCUT2D eigenvalue weighted by Gasteiger charge is 2.22. The molecular formula is C20H23N7O2. The van der Waals surface area contributed by atoms with Gasteiger partial charge >= 0.3 is 6.03 Å². The van der Waals surface area contributed by atoms with Gasteiger partial charge in [-0.15, -0.1) is 0 Å². The van der Waals surface area contributed by atoms with Crippen molar-refractivity contribution < 1.29 is 9.59 Å². The molecule has 4 rings (SSSR count). The van der Waals surface area contributed by atoms with E-state index in [2.05, 4.69) is 20.6 Å². The molecule has 0 spiro atoms. The van der Waals surface area contributed by atoms with E-state index >= 15 is 0 Å². The zero-order valence-electron chi connectivity index (χ0n) is 16.2. The molecule has 150 valence electrons. The van der Waals surface area contributed by atoms with Crippen LogP contribution < -0.4 is 15.5 Å². The summed E-state index contributed by atoms with van der Waals surface area (Å²) in [6.45, 7) is 2.33. The monoisotopic (exact) mass is 393 g/mol. The van der Waals surface area contributed by atoms with Crippen LogP contribution in [-0.4, -0.2) is 64.1 Å². The molecule has 1 aromatic carbocycles. The van der Waals surface area contributed by atoms with Crippen molar-refractivity contribution in [3.63, 3.8) is 0 Å². The lowest BCUT2D eigenvalue weighted by Gasteiger charge is -2.34. The lowest BCUT2D eigenvalue weighted by molar-refractivity contribution is -0.115. The molecule has 0 bridgehead atoms. The molecule has 0 atom stereocenters. The first kappa shape index (κ1) is 18.7. The van der Waals surface area contributed by atoms with Crippen LogP contribution in [-0.2, 0) is 11.8 Å². The van der Waals surface area contributed by atoms with Gasteiger partial charge in [0.25, 0.3) is 0 Å². The molecule has 1 fully saturated rings. The van der Waals surface area contributed by atoms with Gasteiger partial charge in [-0.1, -0.05) is 6.07 Å². The number of hydrogen-bond acceptors (Lipinski definition) is 5. The Morgan fingerprint density at radius 2 is 1.79 bits per heavy atom. The molecule has 0 unspecified atom stereocenters. The van der Waals surface area contributed by atoms with Gasteiger partial charge in [-0.3, -0.25) is 4.79 Å². The summed E-state index contributed by atoms with van der Waals surface area (Å²) in [6.07, 6.45) is 5.36. The third-order valence-corrected chi connectivity index (χ3v) is 5.00. The third-order valence-electron chi connectivity index (χ3n) is 5.00. The van der Waals surface area contributed by atoms with Crippen molar-refractivity contribution >= 4 is 34.5 Å². The van der Waals surface area contributed by atoms with E-state index < -0.39 is 0 Å². The summed E-state index contributed by atoms with van der Waals surface area (Å²) in [7, 11) is 1.96. The quantitative estimate of drug-likeness (QED) is 0.699. The Morgan fingerprint density at radius 1 is 1.03 bits per heavy atom. The largest absolute Gasteiger partial charge is 0.350 e. The summed E-state index contributed by atoms with van der Waals surface area (Å²) >= 11 is 0. The van der Waals surface area contributed by atoms with E-state index in [1.807, 2.05) is 47.0 Å². The molecule has 9 nitrogen and oxygen atoms in total. The molecule has 2 N–H and O–H groups in total. The number of carbonyl (C=O) groups is 2. The second-order valence-electron chi connectivity index (χ2n) is 6.89. The number of aromatic nitrogens is 3. The average molecular weight is 393 g/mol. The van der Waals surface area contributed by atoms with Crippen molar-refractivity contribution in [3.05, 3.63) is 48.9 Å². The van der Waals surface area contributed by atoms with E-state index in [-0.39, 0.29) is 18.5 Å². The fourth-order valence-electron chi connectivity index (χ4n) is 3.44. The second-order valence-corrected chi connectivity index (χ2v) is 6.89. The lowest BCUT2D eigenvalue weighted by atomic mass is 10.2. The first-order valence-electron chi connectivity index (χ1n) is 9.50. The van der Waals surface area contributed by atoms with Gasteiger partial charge in [0.05, 0.1) is 12.2 Å². The van der Waals surface area contributed by atoms with E-state index in [0.717, 1.165) is 16.6 Å². The Bertz CT molecular complexity index is 1010. The van der Waals surface area contributed by atoms with Crippen molar-refractivity contribution in [1.29, 1.82) is 0 Å². The molecule has 1 saturated heterocycles. The second kappa shape index (κ2) is 8.17. The minimum absolute atomic E-state index is 0.0793. The number of anilines is 2. The fraction of sp³-hybridized carbons (Fsp3) is 0.300. The van der Waals surface area contributed by atoms with Gasteiger partial charge in [-0.05, 0) is 24.3 Å². The summed E-state index contributed by atoms with van der Waals surface area (Å²) in [5.41, 5.74) is 1.77. The normalized spacial score (nSPS) is 14.1. The van der Waals surface area contributed by atoms with Crippen LogP contribution in [0.2, 0.25) is 0 Å². The predicted octanol–water partition coefficient (Wildman–Crippen LogP) is 1.44. The Labute approximate surface area is 168 Å². The number of urea groups is 1. The molecular weight excluding hydrogens is 370 g/mol. The van der Waals surface area contributed by atoms with Crippen molar-refractivity contribution in [2.75, 3.05) is 42.9 Å². The average Bonchev–Trinajstić information content (AvgIpc) is 3.15. The molecule has 0 radical (unpaired) electrons. The van der Waals surface area contributed by atoms with Gasteiger partial charge in [0.15, 0.2) is 0 Å². The topological polar surface area (TPSA) is 95.4 Å². The Morgan fingerprint density at radius 3 is 2.55 bits per heavy atom. The van der Waals surface area contributed by atoms with Gasteiger partial charge in [0.2, 0.25) is 11.9 Å². The van der Waals surface area contributed by atoms with Crippen LogP contribution >= 0.6 is 0 Å². The minimum Gasteiger partial charge on any atom is -0.350 e. The van der Waals surface area contributed by atoms with E-state index in [1.165, 1.54) is 0 Å². The molecule has 2 aromatic heterocycles. The highest BCUT2D eigenvalue weighted by molar-refractivity contribution is 6.02. The molecule has 3 heterocycles. The lowest BCUT2D eigenvalue weighted by Crippen LogP contribution is -2.53. The predicted molar refractivity (Wildman–Crippen MR) is 111 cm³/mol. The fourth-order valence-corrected chi connectivity index (χ4v) is 3.44. The Balaban J connectivity index is 1.27. The number of carbonyl (C=O) groups excluding carboxylic acids is 2. The highest BCUT2D eigenvalue weighted by atomic mass is 16.2. The van der Waals surface area contributed by atoms with Crippen LogP contribution in [0.3, 0.4) is 0 Å². The van der Waals surface area contributed by atoms with E-state index in [0.29, 0.717) is 32.1 Å². The molecule has 1 aliphatic rings. The molecule has 1 aliphatic heterocycles. The van der Waals surface area contributed by atoms with E-state index in [1.54, 1.807) is 23.4 Å². The van der Waals surface area contributed by atoms with Gasteiger partial charge in [-0.25, -0.2) is 14.8 Å². The van der Waals surface area contributed by atoms with Crippen LogP contribution in [0, 0.1) is 0 Å². The van der Waals surface area contributed by atoms with Crippen molar-refractivity contribution in [3.8, 4) is 0 Å². The van der Waals surface area contributed by atoms with Gasteiger partial charge in [0.1, 0.15) is 0 Å². The van der Waals surface area contributed by atoms with Crippen molar-refractivity contribution in [2.24, 2.45) is 7.05 Å². The van der Waals surface area contributed by atoms with Crippen LogP contribution in [0.15, 0.2) is 48.9 Å². The Hall–Kier alpha value is -3.62. The van der Waals surface area contributed by atoms with E-state index in [9.17, 15) is 9.59 Å². The number of fused-ring (bicyclic) bond motifs is 1. The summed E-state index contributed by atoms with van der Waals surface area (Å²) in [6, 6.07) is 9.23. The van der Waals surface area contributed by atoms with Crippen LogP contribution in [0.5, 0.6) is 0 Å². The SMILES string of the molecule is Cn1ccc2c(NC(=O)CNC(=O)N3CCN(c4ncccn4)CC3)cccc21. The molecule has 29 heavy (non-hydrogen) atoms. The first-order chi connectivity index (χ1) is 14.1. The number of piperazine rings is 1. The number of benzene rings is 1. The molecule has 3 aromatic rings. The number of aryl methyl sites for hydroxylation is 1. The van der Waals surface area contributed by atoms with Gasteiger partial charge in [0, 0.05) is 62.7 Å². The molecule has 0 aliphatic carbocycles. The van der Waals surface area contributed by atoms with E-state index in [4.69, 9.17) is 0 Å². The van der Waals surface area contributed by atoms with Crippen LogP contribution in [0.25, 0.3) is 10.9 Å². The smallest absolute Gasteiger partial charge is 0.317 e. The summed E-state index contributed by atoms with van der Waals surface area (Å²) in [5, 5.41) is 6.54. The van der Waals surface area contributed by atoms with Crippen molar-refractivity contribution in [2.45, 2.75) is 0 Å². The number of nitrogens with one attached hydrogen (secondary N) is 2. The molecule has 0 saturated carbocycles. The van der Waals surface area contributed by atoms with Crippen LogP contribution in [0.4, 0.5) is 16.4 Å². The number of hydrogen-bond donors (Lipinski definition) is 2. The number of nitrogens with zero attached hydrogens (tertiary/aromatic N) is 5. The maximum atomic E-state index is 12.4. The summed E-state index contributed by atoms with van der Waals surface area (Å²) in [4.78, 5) is 36.9. The Kier molecular flexibility index (Phi) is 5.28. The number of rotatable bonds is 4. The third kappa shape index (κ3) is 4.13. The summed E-state index contributed by atoms with van der Waals surface area (Å²) in [5.74, 6) is 0.410. The zero-order chi connectivity index (χ0) is 20.2.